The summed E-state index contributed by atoms with van der Waals surface area (Å²) in [5.41, 5.74) is 0.818. The Kier molecular flexibility index (Phi) is 3.68. The molecule has 1 heterocycles. The second-order valence-electron chi connectivity index (χ2n) is 3.79. The average Bonchev–Trinajstić information content (AvgIpc) is 2.91. The quantitative estimate of drug-likeness (QED) is 0.864. The number of furan rings is 1. The van der Waals surface area contributed by atoms with Crippen molar-refractivity contribution in [2.75, 3.05) is 0 Å². The van der Waals surface area contributed by atoms with Crippen LogP contribution in [-0.2, 0) is 16.6 Å². The van der Waals surface area contributed by atoms with Crippen molar-refractivity contribution < 1.29 is 22.7 Å². The maximum absolute atomic E-state index is 11.8. The highest BCUT2D eigenvalue weighted by Gasteiger charge is 2.14. The van der Waals surface area contributed by atoms with Gasteiger partial charge in [0.2, 0.25) is 10.0 Å². The molecule has 0 aliphatic heterocycles. The van der Waals surface area contributed by atoms with E-state index in [4.69, 9.17) is 9.52 Å². The number of hydrogen-bond donors (Lipinski definition) is 2. The molecule has 0 spiro atoms. The number of carboxylic acid groups (broad SMARTS) is 1. The third kappa shape index (κ3) is 3.21. The van der Waals surface area contributed by atoms with Crippen LogP contribution in [0.5, 0.6) is 0 Å². The minimum atomic E-state index is -3.60. The Morgan fingerprint density at radius 1 is 1.21 bits per heavy atom. The first-order valence-electron chi connectivity index (χ1n) is 5.33. The molecule has 0 bridgehead atoms. The summed E-state index contributed by atoms with van der Waals surface area (Å²) in [6, 6.07) is 7.30. The molecule has 7 heteroatoms. The van der Waals surface area contributed by atoms with Crippen LogP contribution in [0.15, 0.2) is 52.2 Å². The maximum Gasteiger partial charge on any atom is 0.335 e. The molecule has 1 aromatic heterocycles. The lowest BCUT2D eigenvalue weighted by molar-refractivity contribution is 0.0697. The lowest BCUT2D eigenvalue weighted by Gasteiger charge is -2.05. The first-order valence-corrected chi connectivity index (χ1v) is 6.81. The van der Waals surface area contributed by atoms with Crippen molar-refractivity contribution in [3.05, 3.63) is 54.0 Å². The molecule has 0 unspecified atom stereocenters. The van der Waals surface area contributed by atoms with Crippen molar-refractivity contribution in [2.24, 2.45) is 0 Å². The van der Waals surface area contributed by atoms with Gasteiger partial charge in [-0.25, -0.2) is 17.9 Å². The lowest BCUT2D eigenvalue weighted by Crippen LogP contribution is -2.22. The molecule has 100 valence electrons. The zero-order chi connectivity index (χ0) is 13.9. The van der Waals surface area contributed by atoms with Crippen LogP contribution in [0.3, 0.4) is 0 Å². The van der Waals surface area contributed by atoms with E-state index in [0.29, 0.717) is 5.56 Å². The molecule has 0 fully saturated rings. The van der Waals surface area contributed by atoms with Gasteiger partial charge < -0.3 is 9.52 Å². The molecule has 2 N–H and O–H groups in total. The summed E-state index contributed by atoms with van der Waals surface area (Å²) < 4.78 is 30.7. The maximum atomic E-state index is 11.8. The van der Waals surface area contributed by atoms with Gasteiger partial charge in [-0.3, -0.25) is 0 Å². The summed E-state index contributed by atoms with van der Waals surface area (Å²) >= 11 is 0. The van der Waals surface area contributed by atoms with E-state index in [9.17, 15) is 13.2 Å². The van der Waals surface area contributed by atoms with Gasteiger partial charge in [0.05, 0.1) is 11.8 Å². The number of aromatic carboxylic acids is 1. The van der Waals surface area contributed by atoms with Crippen molar-refractivity contribution in [1.29, 1.82) is 0 Å². The molecule has 6 nitrogen and oxygen atoms in total. The summed E-state index contributed by atoms with van der Waals surface area (Å²) in [6.45, 7) is 0.0768. The van der Waals surface area contributed by atoms with Gasteiger partial charge in [0, 0.05) is 6.54 Å². The average molecular weight is 281 g/mol. The molecule has 19 heavy (non-hydrogen) atoms. The Bertz CT molecular complexity index is 659. The van der Waals surface area contributed by atoms with Crippen LogP contribution in [-0.4, -0.2) is 19.5 Å². The molecule has 0 aliphatic carbocycles. The van der Waals surface area contributed by atoms with E-state index in [2.05, 4.69) is 4.72 Å². The van der Waals surface area contributed by atoms with Crippen LogP contribution in [0.1, 0.15) is 15.9 Å². The van der Waals surface area contributed by atoms with E-state index in [1.807, 2.05) is 0 Å². The Labute approximate surface area is 109 Å². The molecule has 0 aliphatic rings. The molecule has 0 radical (unpaired) electrons. The normalized spacial score (nSPS) is 11.4. The minimum absolute atomic E-state index is 0.0506. The summed E-state index contributed by atoms with van der Waals surface area (Å²) in [5, 5.41) is 8.74. The number of sulfonamides is 1. The van der Waals surface area contributed by atoms with Crippen LogP contribution < -0.4 is 4.72 Å². The van der Waals surface area contributed by atoms with Gasteiger partial charge >= 0.3 is 5.97 Å². The van der Waals surface area contributed by atoms with Gasteiger partial charge in [-0.05, 0) is 23.8 Å². The Morgan fingerprint density at radius 3 is 2.42 bits per heavy atom. The monoisotopic (exact) mass is 281 g/mol. The van der Waals surface area contributed by atoms with Crippen LogP contribution >= 0.6 is 0 Å². The third-order valence-electron chi connectivity index (χ3n) is 2.47. The standard InChI is InChI=1S/C12H11NO5S/c14-12(15)10-3-1-9(2-4-10)7-13-19(16,17)11-5-6-18-8-11/h1-6,8,13H,7H2,(H,14,15). The van der Waals surface area contributed by atoms with Gasteiger partial charge in [-0.1, -0.05) is 12.1 Å². The van der Waals surface area contributed by atoms with Gasteiger partial charge in [-0.2, -0.15) is 0 Å². The van der Waals surface area contributed by atoms with E-state index in [1.165, 1.54) is 24.5 Å². The number of rotatable bonds is 5. The van der Waals surface area contributed by atoms with E-state index < -0.39 is 16.0 Å². The Hall–Kier alpha value is -2.12. The van der Waals surface area contributed by atoms with E-state index in [1.54, 1.807) is 12.1 Å². The first kappa shape index (κ1) is 13.3. The van der Waals surface area contributed by atoms with Gasteiger partial charge in [0.15, 0.2) is 0 Å². The largest absolute Gasteiger partial charge is 0.478 e. The van der Waals surface area contributed by atoms with Crippen molar-refractivity contribution in [2.45, 2.75) is 11.4 Å². The zero-order valence-electron chi connectivity index (χ0n) is 9.74. The fourth-order valence-corrected chi connectivity index (χ4v) is 2.37. The second kappa shape index (κ2) is 5.25. The summed E-state index contributed by atoms with van der Waals surface area (Å²) in [7, 11) is -3.60. The number of benzene rings is 1. The SMILES string of the molecule is O=C(O)c1ccc(CNS(=O)(=O)c2ccoc2)cc1. The Balaban J connectivity index is 2.05. The number of carboxylic acids is 1. The van der Waals surface area contributed by atoms with E-state index >= 15 is 0 Å². The van der Waals surface area contributed by atoms with Crippen LogP contribution in [0.25, 0.3) is 0 Å². The summed E-state index contributed by atoms with van der Waals surface area (Å²) in [6.07, 6.45) is 2.41. The predicted octanol–water partition coefficient (Wildman–Crippen LogP) is 1.46. The topological polar surface area (TPSA) is 96.6 Å². The van der Waals surface area contributed by atoms with Gasteiger partial charge in [-0.15, -0.1) is 0 Å². The summed E-state index contributed by atoms with van der Waals surface area (Å²) in [4.78, 5) is 10.7. The van der Waals surface area contributed by atoms with E-state index in [-0.39, 0.29) is 17.0 Å². The zero-order valence-corrected chi connectivity index (χ0v) is 10.6. The Morgan fingerprint density at radius 2 is 1.89 bits per heavy atom. The third-order valence-corrected chi connectivity index (χ3v) is 3.85. The smallest absolute Gasteiger partial charge is 0.335 e. The molecule has 0 saturated carbocycles. The van der Waals surface area contributed by atoms with E-state index in [0.717, 1.165) is 6.26 Å². The van der Waals surface area contributed by atoms with Gasteiger partial charge in [0.25, 0.3) is 0 Å². The van der Waals surface area contributed by atoms with Crippen LogP contribution in [0, 0.1) is 0 Å². The van der Waals surface area contributed by atoms with Crippen LogP contribution in [0.4, 0.5) is 0 Å². The molecule has 2 rings (SSSR count). The highest BCUT2D eigenvalue weighted by atomic mass is 32.2. The number of nitrogens with one attached hydrogen (secondary N) is 1. The molecule has 0 atom stereocenters. The van der Waals surface area contributed by atoms with Crippen LogP contribution in [0.2, 0.25) is 0 Å². The fraction of sp³-hybridized carbons (Fsp3) is 0.0833. The van der Waals surface area contributed by atoms with Crippen molar-refractivity contribution in [1.82, 2.24) is 4.72 Å². The van der Waals surface area contributed by atoms with Crippen molar-refractivity contribution >= 4 is 16.0 Å². The molecular formula is C12H11NO5S. The molecule has 0 saturated heterocycles. The molecule has 0 amide bonds. The highest BCUT2D eigenvalue weighted by Crippen LogP contribution is 2.10. The molecular weight excluding hydrogens is 270 g/mol. The van der Waals surface area contributed by atoms with Crippen molar-refractivity contribution in [3.63, 3.8) is 0 Å². The molecule has 1 aromatic carbocycles. The predicted molar refractivity (Wildman–Crippen MR) is 66.1 cm³/mol. The summed E-state index contributed by atoms with van der Waals surface area (Å²) in [5.74, 6) is -1.02. The minimum Gasteiger partial charge on any atom is -0.478 e. The molecule has 2 aromatic rings. The fourth-order valence-electron chi connectivity index (χ4n) is 1.43. The van der Waals surface area contributed by atoms with Crippen molar-refractivity contribution in [3.8, 4) is 0 Å². The lowest BCUT2D eigenvalue weighted by atomic mass is 10.1. The number of carbonyl (C=O) groups is 1. The number of hydrogen-bond acceptors (Lipinski definition) is 4. The van der Waals surface area contributed by atoms with Gasteiger partial charge in [0.1, 0.15) is 11.2 Å². The first-order chi connectivity index (χ1) is 8.99. The second-order valence-corrected chi connectivity index (χ2v) is 5.55. The highest BCUT2D eigenvalue weighted by molar-refractivity contribution is 7.89.